The van der Waals surface area contributed by atoms with Crippen LogP contribution < -0.4 is 11.1 Å². The van der Waals surface area contributed by atoms with E-state index in [9.17, 15) is 9.90 Å². The van der Waals surface area contributed by atoms with Gasteiger partial charge in [0.15, 0.2) is 0 Å². The van der Waals surface area contributed by atoms with Crippen LogP contribution in [0, 0.1) is 0 Å². The van der Waals surface area contributed by atoms with Gasteiger partial charge < -0.3 is 10.8 Å². The first-order valence-corrected chi connectivity index (χ1v) is 5.86. The van der Waals surface area contributed by atoms with E-state index in [1.54, 1.807) is 19.1 Å². The zero-order valence-corrected chi connectivity index (χ0v) is 10.7. The van der Waals surface area contributed by atoms with Crippen LogP contribution in [0.1, 0.15) is 18.9 Å². The molecule has 0 saturated carbocycles. The number of primary amides is 1. The molecule has 0 heterocycles. The van der Waals surface area contributed by atoms with Crippen molar-refractivity contribution in [3.05, 3.63) is 40.3 Å². The van der Waals surface area contributed by atoms with Crippen molar-refractivity contribution in [3.63, 3.8) is 0 Å². The van der Waals surface area contributed by atoms with Gasteiger partial charge in [-0.1, -0.05) is 17.2 Å². The van der Waals surface area contributed by atoms with Gasteiger partial charge in [-0.15, -0.1) is 0 Å². The second-order valence-corrected chi connectivity index (χ2v) is 4.27. The van der Waals surface area contributed by atoms with E-state index in [4.69, 9.17) is 11.3 Å². The van der Waals surface area contributed by atoms with E-state index in [0.29, 0.717) is 25.1 Å². The summed E-state index contributed by atoms with van der Waals surface area (Å²) in [6.07, 6.45) is 0.602. The highest BCUT2D eigenvalue weighted by Crippen LogP contribution is 2.22. The number of amides is 1. The lowest BCUT2D eigenvalue weighted by Crippen LogP contribution is -2.50. The highest BCUT2D eigenvalue weighted by Gasteiger charge is 2.32. The molecule has 7 heteroatoms. The molecule has 1 amide bonds. The van der Waals surface area contributed by atoms with Crippen molar-refractivity contribution >= 4 is 5.91 Å². The van der Waals surface area contributed by atoms with Crippen LogP contribution in [0.2, 0.25) is 0 Å². The third kappa shape index (κ3) is 3.87. The fourth-order valence-corrected chi connectivity index (χ4v) is 1.66. The van der Waals surface area contributed by atoms with Crippen LogP contribution >= 0.6 is 0 Å². The van der Waals surface area contributed by atoms with Crippen molar-refractivity contribution in [2.24, 2.45) is 10.8 Å². The van der Waals surface area contributed by atoms with Crippen molar-refractivity contribution in [2.45, 2.75) is 18.9 Å². The molecule has 102 valence electrons. The maximum Gasteiger partial charge on any atom is 0.242 e. The summed E-state index contributed by atoms with van der Waals surface area (Å²) in [4.78, 5) is 14.3. The molecular weight excluding hydrogens is 246 g/mol. The molecule has 0 aliphatic carbocycles. The summed E-state index contributed by atoms with van der Waals surface area (Å²) in [7, 11) is 0. The Kier molecular flexibility index (Phi) is 5.17. The second kappa shape index (κ2) is 6.63. The van der Waals surface area contributed by atoms with Gasteiger partial charge in [-0.3, -0.25) is 10.1 Å². The van der Waals surface area contributed by atoms with Gasteiger partial charge in [0, 0.05) is 11.5 Å². The van der Waals surface area contributed by atoms with Crippen molar-refractivity contribution in [2.75, 3.05) is 13.1 Å². The molecule has 0 aliphatic heterocycles. The zero-order valence-electron chi connectivity index (χ0n) is 10.7. The van der Waals surface area contributed by atoms with Crippen molar-refractivity contribution in [1.29, 1.82) is 0 Å². The van der Waals surface area contributed by atoms with Crippen LogP contribution in [0.3, 0.4) is 0 Å². The Morgan fingerprint density at radius 1 is 1.53 bits per heavy atom. The minimum absolute atomic E-state index is 0.124. The van der Waals surface area contributed by atoms with Gasteiger partial charge in [-0.25, -0.2) is 0 Å². The lowest BCUT2D eigenvalue weighted by atomic mass is 9.91. The Bertz CT molecular complexity index is 481. The SMILES string of the molecule is CC(NCCCN=[N+]=[N-])(C(N)=O)c1ccc(O)cc1. The number of carbonyl (C=O) groups is 1. The summed E-state index contributed by atoms with van der Waals surface area (Å²) in [6.45, 7) is 2.52. The number of benzene rings is 1. The van der Waals surface area contributed by atoms with Gasteiger partial charge in [0.05, 0.1) is 0 Å². The summed E-state index contributed by atoms with van der Waals surface area (Å²) >= 11 is 0. The molecule has 0 bridgehead atoms. The molecule has 1 atom stereocenters. The second-order valence-electron chi connectivity index (χ2n) is 4.27. The highest BCUT2D eigenvalue weighted by atomic mass is 16.3. The number of phenolic OH excluding ortho intramolecular Hbond substituents is 1. The Morgan fingerprint density at radius 3 is 2.68 bits per heavy atom. The number of nitrogens with zero attached hydrogens (tertiary/aromatic N) is 3. The fourth-order valence-electron chi connectivity index (χ4n) is 1.66. The zero-order chi connectivity index (χ0) is 14.3. The number of phenols is 1. The molecule has 1 aromatic carbocycles. The predicted octanol–water partition coefficient (Wildman–Crippen LogP) is 1.38. The molecule has 19 heavy (non-hydrogen) atoms. The fraction of sp³-hybridized carbons (Fsp3) is 0.417. The minimum Gasteiger partial charge on any atom is -0.508 e. The van der Waals surface area contributed by atoms with E-state index in [2.05, 4.69) is 15.3 Å². The maximum absolute atomic E-state index is 11.6. The topological polar surface area (TPSA) is 124 Å². The van der Waals surface area contributed by atoms with E-state index >= 15 is 0 Å². The largest absolute Gasteiger partial charge is 0.508 e. The molecule has 0 fully saturated rings. The lowest BCUT2D eigenvalue weighted by molar-refractivity contribution is -0.124. The average Bonchev–Trinajstić information content (AvgIpc) is 2.38. The van der Waals surface area contributed by atoms with Crippen LogP contribution in [0.15, 0.2) is 29.4 Å². The standard InChI is InChI=1S/C12H17N5O2/c1-12(11(13)19,15-7-2-8-16-17-14)9-3-5-10(18)6-4-9/h3-6,15,18H,2,7-8H2,1H3,(H2,13,19). The number of hydrogen-bond donors (Lipinski definition) is 3. The first-order chi connectivity index (χ1) is 9.00. The summed E-state index contributed by atoms with van der Waals surface area (Å²) in [5.41, 5.74) is 13.2. The van der Waals surface area contributed by atoms with Crippen LogP contribution in [-0.2, 0) is 10.3 Å². The number of nitrogens with two attached hydrogens (primary N) is 1. The Balaban J connectivity index is 2.76. The number of azide groups is 1. The number of nitrogens with one attached hydrogen (secondary N) is 1. The molecule has 0 radical (unpaired) electrons. The van der Waals surface area contributed by atoms with Gasteiger partial charge in [0.25, 0.3) is 0 Å². The molecule has 1 aromatic rings. The molecule has 4 N–H and O–H groups in total. The molecule has 1 unspecified atom stereocenters. The first kappa shape index (κ1) is 14.8. The predicted molar refractivity (Wildman–Crippen MR) is 71.3 cm³/mol. The van der Waals surface area contributed by atoms with Crippen molar-refractivity contribution in [3.8, 4) is 5.75 Å². The third-order valence-corrected chi connectivity index (χ3v) is 2.91. The number of carbonyl (C=O) groups excluding carboxylic acids is 1. The number of aromatic hydroxyl groups is 1. The Labute approximate surface area is 111 Å². The third-order valence-electron chi connectivity index (χ3n) is 2.91. The van der Waals surface area contributed by atoms with E-state index in [1.165, 1.54) is 12.1 Å². The Hall–Kier alpha value is -2.24. The van der Waals surface area contributed by atoms with E-state index in [-0.39, 0.29) is 5.75 Å². The van der Waals surface area contributed by atoms with Crippen LogP contribution in [0.4, 0.5) is 0 Å². The Morgan fingerprint density at radius 2 is 2.16 bits per heavy atom. The molecule has 0 aliphatic rings. The normalized spacial score (nSPS) is 13.3. The van der Waals surface area contributed by atoms with Crippen molar-refractivity contribution in [1.82, 2.24) is 5.32 Å². The summed E-state index contributed by atoms with van der Waals surface area (Å²) in [6, 6.07) is 6.28. The summed E-state index contributed by atoms with van der Waals surface area (Å²) in [5.74, 6) is -0.388. The molecule has 1 rings (SSSR count). The molecule has 0 aromatic heterocycles. The van der Waals surface area contributed by atoms with E-state index in [0.717, 1.165) is 0 Å². The highest BCUT2D eigenvalue weighted by molar-refractivity contribution is 5.85. The quantitative estimate of drug-likeness (QED) is 0.298. The molecule has 0 saturated heterocycles. The first-order valence-electron chi connectivity index (χ1n) is 5.86. The van der Waals surface area contributed by atoms with Crippen molar-refractivity contribution < 1.29 is 9.90 Å². The van der Waals surface area contributed by atoms with E-state index in [1.807, 2.05) is 0 Å². The van der Waals surface area contributed by atoms with Gasteiger partial charge >= 0.3 is 0 Å². The van der Waals surface area contributed by atoms with Gasteiger partial charge in [-0.2, -0.15) is 0 Å². The maximum atomic E-state index is 11.6. The van der Waals surface area contributed by atoms with Crippen LogP contribution in [-0.4, -0.2) is 24.1 Å². The lowest BCUT2D eigenvalue weighted by Gasteiger charge is -2.28. The molecular formula is C12H17N5O2. The van der Waals surface area contributed by atoms with Gasteiger partial charge in [0.1, 0.15) is 11.3 Å². The van der Waals surface area contributed by atoms with E-state index < -0.39 is 11.4 Å². The average molecular weight is 263 g/mol. The van der Waals surface area contributed by atoms with Crippen LogP contribution in [0.5, 0.6) is 5.75 Å². The molecule has 7 nitrogen and oxygen atoms in total. The number of rotatable bonds is 7. The summed E-state index contributed by atoms with van der Waals surface area (Å²) in [5, 5.41) is 15.7. The smallest absolute Gasteiger partial charge is 0.242 e. The number of hydrogen-bond acceptors (Lipinski definition) is 4. The van der Waals surface area contributed by atoms with Gasteiger partial charge in [0.2, 0.25) is 5.91 Å². The monoisotopic (exact) mass is 263 g/mol. The summed E-state index contributed by atoms with van der Waals surface area (Å²) < 4.78 is 0. The minimum atomic E-state index is -1.02. The molecule has 0 spiro atoms. The van der Waals surface area contributed by atoms with Gasteiger partial charge in [-0.05, 0) is 43.1 Å². The van der Waals surface area contributed by atoms with Crippen LogP contribution in [0.25, 0.3) is 10.4 Å².